The van der Waals surface area contributed by atoms with Crippen LogP contribution in [0.5, 0.6) is 0 Å². The molecule has 0 unspecified atom stereocenters. The van der Waals surface area contributed by atoms with Gasteiger partial charge in [-0.1, -0.05) is 0 Å². The third-order valence-electron chi connectivity index (χ3n) is 0. The molecule has 0 aromatic heterocycles. The summed E-state index contributed by atoms with van der Waals surface area (Å²) in [6.07, 6.45) is 0. The Kier molecular flexibility index (Phi) is 1030. The van der Waals surface area contributed by atoms with Crippen molar-refractivity contribution in [1.29, 1.82) is 0 Å². The Hall–Kier alpha value is 0.608. The maximum absolute atomic E-state index is 7.50. The monoisotopic (exact) mass is 454 g/mol. The summed E-state index contributed by atoms with van der Waals surface area (Å²) in [6, 6.07) is 0. The fraction of sp³-hybridized carbons (Fsp3) is 0. The van der Waals surface area contributed by atoms with Crippen LogP contribution in [0.4, 0.5) is 0 Å². The van der Waals surface area contributed by atoms with E-state index in [0.717, 1.165) is 0 Å². The molecule has 0 radical (unpaired) electrons. The van der Waals surface area contributed by atoms with E-state index < -0.39 is 0 Å². The van der Waals surface area contributed by atoms with Crippen molar-refractivity contribution >= 4 is 26.6 Å². The summed E-state index contributed by atoms with van der Waals surface area (Å²) in [5, 5.41) is 0. The molecule has 0 spiro atoms. The maximum atomic E-state index is 7.50. The molecule has 0 saturated carbocycles. The van der Waals surface area contributed by atoms with Crippen LogP contribution < -0.4 is 0 Å². The van der Waals surface area contributed by atoms with Crippen molar-refractivity contribution < 1.29 is 33.1 Å². The molecular weight excluding hydrogens is 456 g/mol. The molecule has 0 bridgehead atoms. The quantitative estimate of drug-likeness (QED) is 0.392. The molecule has 0 aliphatic heterocycles. The molecule has 0 aromatic rings. The molecule has 4 nitrogen and oxygen atoms in total. The summed E-state index contributed by atoms with van der Waals surface area (Å²) >= 11 is 6.33. The molecule has 0 aromatic carbocycles. The van der Waals surface area contributed by atoms with Gasteiger partial charge in [0.05, 0.1) is 0 Å². The van der Waals surface area contributed by atoms with Crippen LogP contribution in [-0.2, 0) is 33.1 Å². The molecule has 60 valence electrons. The first-order chi connectivity index (χ1) is 5.41. The van der Waals surface area contributed by atoms with Crippen LogP contribution >= 0.6 is 26.6 Å². The van der Waals surface area contributed by atoms with Crippen LogP contribution in [0, 0.1) is 26.6 Å². The summed E-state index contributed by atoms with van der Waals surface area (Å²) < 4.78 is 30.0. The molecule has 7 heteroatoms. The van der Waals surface area contributed by atoms with Gasteiger partial charge in [0, 0.05) is 0 Å². The summed E-state index contributed by atoms with van der Waals surface area (Å²) in [5.41, 5.74) is 0. The van der Waals surface area contributed by atoms with E-state index in [0.29, 0.717) is 0 Å². The van der Waals surface area contributed by atoms with Gasteiger partial charge in [-0.2, -0.15) is 0 Å². The Morgan fingerprint density at radius 2 is 0.636 bits per heavy atom. The Labute approximate surface area is 85.8 Å². The van der Waals surface area contributed by atoms with E-state index in [2.05, 4.69) is 53.2 Å². The third kappa shape index (κ3) is 2120. The molecule has 0 rings (SSSR count). The Morgan fingerprint density at radius 3 is 0.636 bits per heavy atom. The first-order valence-corrected chi connectivity index (χ1v) is 13.9. The predicted octanol–water partition coefficient (Wildman–Crippen LogP) is 1.54. The van der Waals surface area contributed by atoms with Crippen LogP contribution in [-0.4, -0.2) is 0 Å². The van der Waals surface area contributed by atoms with Gasteiger partial charge in [-0.05, 0) is 0 Å². The van der Waals surface area contributed by atoms with Gasteiger partial charge in [0.2, 0.25) is 0 Å². The average molecular weight is 456 g/mol. The second-order valence-electron chi connectivity index (χ2n) is 0.0583. The van der Waals surface area contributed by atoms with E-state index in [-0.39, 0.29) is 14.5 Å². The van der Waals surface area contributed by atoms with Gasteiger partial charge in [-0.15, -0.1) is 0 Å². The number of hydrogen-bond donors (Lipinski definition) is 0. The minimum absolute atomic E-state index is 0.125. The van der Waals surface area contributed by atoms with Gasteiger partial charge in [0.15, 0.2) is 0 Å². The van der Waals surface area contributed by atoms with Gasteiger partial charge >= 0.3 is 86.3 Å². The summed E-state index contributed by atoms with van der Waals surface area (Å²) in [5.74, 6) is 0. The third-order valence-corrected chi connectivity index (χ3v) is 0. The molecule has 0 fully saturated rings. The first kappa shape index (κ1) is 29.9. The van der Waals surface area contributed by atoms with Gasteiger partial charge in [0.1, 0.15) is 0 Å². The molecular formula is C4Br2O4W. The zero-order valence-corrected chi connectivity index (χ0v) is 10.9. The van der Waals surface area contributed by atoms with E-state index in [1.165, 1.54) is 0 Å². The molecule has 0 aliphatic carbocycles. The summed E-state index contributed by atoms with van der Waals surface area (Å²) in [7, 11) is 0. The zero-order chi connectivity index (χ0) is 10.7. The van der Waals surface area contributed by atoms with E-state index in [4.69, 9.17) is 18.6 Å². The van der Waals surface area contributed by atoms with Crippen molar-refractivity contribution in [1.82, 2.24) is 0 Å². The molecule has 0 atom stereocenters. The van der Waals surface area contributed by atoms with Gasteiger partial charge in [-0.3, -0.25) is 0 Å². The van der Waals surface area contributed by atoms with Gasteiger partial charge in [0.25, 0.3) is 0 Å². The SMILES string of the molecule is [Br][W][Br].[C-]#[O+].[C-]#[O+].[C-]#[O+].[C-]#[O+]. The molecule has 0 heterocycles. The van der Waals surface area contributed by atoms with Crippen molar-refractivity contribution in [3.63, 3.8) is 0 Å². The van der Waals surface area contributed by atoms with Crippen molar-refractivity contribution in [3.05, 3.63) is 26.6 Å². The standard InChI is InChI=1S/4CO.2BrH.W/c4*1-2;;;/h;;;;2*1H;/q;;;;;;+2/p-2. The Morgan fingerprint density at radius 1 is 0.636 bits per heavy atom. The number of hydrogen-bond acceptors (Lipinski definition) is 0. The van der Waals surface area contributed by atoms with Crippen LogP contribution in [0.15, 0.2) is 0 Å². The van der Waals surface area contributed by atoms with Crippen molar-refractivity contribution in [3.8, 4) is 0 Å². The average Bonchev–Trinajstić information content (AvgIpc) is 2.18. The van der Waals surface area contributed by atoms with Crippen LogP contribution in [0.3, 0.4) is 0 Å². The second-order valence-corrected chi connectivity index (χ2v) is 12.9. The Bertz CT molecular complexity index is 73.2. The van der Waals surface area contributed by atoms with Crippen LogP contribution in [0.2, 0.25) is 0 Å². The van der Waals surface area contributed by atoms with E-state index >= 15 is 0 Å². The van der Waals surface area contributed by atoms with Crippen molar-refractivity contribution in [2.24, 2.45) is 0 Å². The van der Waals surface area contributed by atoms with E-state index in [1.807, 2.05) is 0 Å². The first-order valence-electron chi connectivity index (χ1n) is 1.13. The normalized spacial score (nSPS) is 2.36. The number of halogens is 2. The van der Waals surface area contributed by atoms with Gasteiger partial charge < -0.3 is 0 Å². The molecule has 0 saturated heterocycles. The summed E-state index contributed by atoms with van der Waals surface area (Å²) in [6.45, 7) is 18.0. The number of rotatable bonds is 0. The van der Waals surface area contributed by atoms with Crippen LogP contribution in [0.25, 0.3) is 0 Å². The fourth-order valence-corrected chi connectivity index (χ4v) is 0. The molecule has 0 aliphatic rings. The predicted molar refractivity (Wildman–Crippen MR) is 33.6 cm³/mol. The Balaban J connectivity index is -0.0000000139. The zero-order valence-electron chi connectivity index (χ0n) is 4.80. The molecule has 0 N–H and O–H groups in total. The molecule has 11 heavy (non-hydrogen) atoms. The minimum atomic E-state index is -0.125. The van der Waals surface area contributed by atoms with E-state index in [9.17, 15) is 0 Å². The van der Waals surface area contributed by atoms with Gasteiger partial charge in [-0.25, -0.2) is 0 Å². The van der Waals surface area contributed by atoms with Crippen LogP contribution in [0.1, 0.15) is 0 Å². The molecule has 0 amide bonds. The van der Waals surface area contributed by atoms with Crippen molar-refractivity contribution in [2.75, 3.05) is 0 Å². The van der Waals surface area contributed by atoms with E-state index in [1.54, 1.807) is 0 Å². The summed E-state index contributed by atoms with van der Waals surface area (Å²) in [4.78, 5) is 0. The topological polar surface area (TPSA) is 79.6 Å². The van der Waals surface area contributed by atoms with Crippen molar-refractivity contribution in [2.45, 2.75) is 0 Å². The fourth-order valence-electron chi connectivity index (χ4n) is 0. The second kappa shape index (κ2) is 379.